The molecule has 3 heteroatoms. The molecule has 0 bridgehead atoms. The van der Waals surface area contributed by atoms with Crippen LogP contribution in [0, 0.1) is 40.4 Å². The molecule has 0 saturated heterocycles. The van der Waals surface area contributed by atoms with E-state index in [1.165, 1.54) is 38.5 Å². The Kier molecular flexibility index (Phi) is 5.01. The van der Waals surface area contributed by atoms with E-state index in [-0.39, 0.29) is 17.6 Å². The minimum atomic E-state index is -0.498. The minimum Gasteiger partial charge on any atom is -0.393 e. The second kappa shape index (κ2) is 6.71. The summed E-state index contributed by atoms with van der Waals surface area (Å²) in [5.74, 6) is 3.34. The van der Waals surface area contributed by atoms with Crippen molar-refractivity contribution in [2.24, 2.45) is 40.4 Å². The SMILES string of the molecule is COC(C)[C@]12CC[C@@](C)(O)C[C@H]1CC[C@H]1[C@@H]3CC[C@H](C(C)O)[C@@]3(C)CC[C@@H]12. The maximum absolute atomic E-state index is 10.8. The highest BCUT2D eigenvalue weighted by molar-refractivity contribution is 5.13. The van der Waals surface area contributed by atoms with Crippen LogP contribution in [0.4, 0.5) is 0 Å². The summed E-state index contributed by atoms with van der Waals surface area (Å²) in [4.78, 5) is 0. The second-order valence-electron chi connectivity index (χ2n) is 11.3. The fraction of sp³-hybridized carbons (Fsp3) is 1.00. The summed E-state index contributed by atoms with van der Waals surface area (Å²) in [7, 11) is 1.89. The van der Waals surface area contributed by atoms with E-state index >= 15 is 0 Å². The lowest BCUT2D eigenvalue weighted by molar-refractivity contribution is -0.200. The molecule has 4 aliphatic rings. The van der Waals surface area contributed by atoms with Crippen LogP contribution in [-0.2, 0) is 4.74 Å². The molecule has 3 nitrogen and oxygen atoms in total. The zero-order chi connectivity index (χ0) is 19.6. The van der Waals surface area contributed by atoms with Gasteiger partial charge >= 0.3 is 0 Å². The lowest BCUT2D eigenvalue weighted by Crippen LogP contribution is -2.60. The van der Waals surface area contributed by atoms with E-state index in [1.807, 2.05) is 21.0 Å². The van der Waals surface area contributed by atoms with Crippen LogP contribution in [0.2, 0.25) is 0 Å². The van der Waals surface area contributed by atoms with Crippen molar-refractivity contribution in [3.8, 4) is 0 Å². The number of hydrogen-bond acceptors (Lipinski definition) is 3. The Bertz CT molecular complexity index is 558. The molecule has 10 atom stereocenters. The molecule has 27 heavy (non-hydrogen) atoms. The highest BCUT2D eigenvalue weighted by atomic mass is 16.5. The van der Waals surface area contributed by atoms with Gasteiger partial charge in [-0.1, -0.05) is 6.92 Å². The second-order valence-corrected chi connectivity index (χ2v) is 11.3. The van der Waals surface area contributed by atoms with Crippen molar-refractivity contribution in [3.63, 3.8) is 0 Å². The van der Waals surface area contributed by atoms with E-state index in [2.05, 4.69) is 13.8 Å². The van der Waals surface area contributed by atoms with Crippen LogP contribution >= 0.6 is 0 Å². The highest BCUT2D eigenvalue weighted by Gasteiger charge is 2.64. The third-order valence-electron chi connectivity index (χ3n) is 10.3. The van der Waals surface area contributed by atoms with Crippen LogP contribution < -0.4 is 0 Å². The van der Waals surface area contributed by atoms with E-state index in [9.17, 15) is 10.2 Å². The summed E-state index contributed by atoms with van der Waals surface area (Å²) in [6.07, 6.45) is 10.7. The first kappa shape index (κ1) is 20.2. The van der Waals surface area contributed by atoms with Gasteiger partial charge in [-0.25, -0.2) is 0 Å². The molecule has 4 fully saturated rings. The Balaban J connectivity index is 1.68. The number of hydrogen-bond donors (Lipinski definition) is 2. The molecule has 4 saturated carbocycles. The van der Waals surface area contributed by atoms with Crippen molar-refractivity contribution >= 4 is 0 Å². The van der Waals surface area contributed by atoms with Crippen LogP contribution in [0.5, 0.6) is 0 Å². The Labute approximate surface area is 166 Å². The molecule has 0 amide bonds. The number of aliphatic hydroxyl groups is 2. The van der Waals surface area contributed by atoms with Gasteiger partial charge in [-0.15, -0.1) is 0 Å². The summed E-state index contributed by atoms with van der Waals surface area (Å²) < 4.78 is 6.04. The van der Waals surface area contributed by atoms with E-state index in [0.717, 1.165) is 37.0 Å². The molecule has 0 aromatic heterocycles. The maximum Gasteiger partial charge on any atom is 0.0622 e. The first-order valence-corrected chi connectivity index (χ1v) is 11.6. The van der Waals surface area contributed by atoms with Gasteiger partial charge in [-0.05, 0) is 114 Å². The third-order valence-corrected chi connectivity index (χ3v) is 10.3. The zero-order valence-corrected chi connectivity index (χ0v) is 18.2. The summed E-state index contributed by atoms with van der Waals surface area (Å²) in [5.41, 5.74) is 0.0619. The molecule has 0 radical (unpaired) electrons. The molecular formula is C24H42O3. The third kappa shape index (κ3) is 2.86. The fourth-order valence-corrected chi connectivity index (χ4v) is 9.01. The van der Waals surface area contributed by atoms with Crippen LogP contribution in [0.1, 0.15) is 85.5 Å². The van der Waals surface area contributed by atoms with Gasteiger partial charge in [-0.3, -0.25) is 0 Å². The van der Waals surface area contributed by atoms with Crippen molar-refractivity contribution in [1.29, 1.82) is 0 Å². The summed E-state index contributed by atoms with van der Waals surface area (Å²) in [6.45, 7) is 8.85. The van der Waals surface area contributed by atoms with Gasteiger partial charge < -0.3 is 14.9 Å². The van der Waals surface area contributed by atoms with Crippen LogP contribution in [0.3, 0.4) is 0 Å². The average Bonchev–Trinajstić information content (AvgIpc) is 2.97. The number of aliphatic hydroxyl groups excluding tert-OH is 1. The summed E-state index contributed by atoms with van der Waals surface area (Å²) in [5, 5.41) is 21.2. The lowest BCUT2D eigenvalue weighted by Gasteiger charge is -2.64. The zero-order valence-electron chi connectivity index (χ0n) is 18.2. The molecular weight excluding hydrogens is 336 g/mol. The topological polar surface area (TPSA) is 49.7 Å². The maximum atomic E-state index is 10.8. The molecule has 4 rings (SSSR count). The smallest absolute Gasteiger partial charge is 0.0622 e. The standard InChI is InChI=1S/C24H42O3/c1-15(25)19-8-9-20-18-7-6-17-14-22(3,26)12-13-24(17,16(2)27-5)21(18)10-11-23(19,20)4/h15-21,25-26H,6-14H2,1-5H3/t15?,16?,17-,18+,19-,20+,21+,22-,23-,24-/m1/s1. The van der Waals surface area contributed by atoms with Gasteiger partial charge in [0.25, 0.3) is 0 Å². The molecule has 0 heterocycles. The number of ether oxygens (including phenoxy) is 1. The van der Waals surface area contributed by atoms with E-state index in [1.54, 1.807) is 0 Å². The van der Waals surface area contributed by atoms with Crippen molar-refractivity contribution in [2.75, 3.05) is 7.11 Å². The Hall–Kier alpha value is -0.120. The first-order valence-electron chi connectivity index (χ1n) is 11.6. The number of methoxy groups -OCH3 is 1. The first-order chi connectivity index (χ1) is 12.7. The largest absolute Gasteiger partial charge is 0.393 e. The van der Waals surface area contributed by atoms with Crippen molar-refractivity contribution < 1.29 is 14.9 Å². The van der Waals surface area contributed by atoms with Crippen LogP contribution in [-0.4, -0.2) is 35.1 Å². The summed E-state index contributed by atoms with van der Waals surface area (Å²) >= 11 is 0. The Morgan fingerprint density at radius 3 is 2.33 bits per heavy atom. The average molecular weight is 379 g/mol. The summed E-state index contributed by atoms with van der Waals surface area (Å²) in [6, 6.07) is 0. The molecule has 0 spiro atoms. The van der Waals surface area contributed by atoms with Gasteiger partial charge in [0.15, 0.2) is 0 Å². The van der Waals surface area contributed by atoms with E-state index < -0.39 is 5.60 Å². The predicted molar refractivity (Wildman–Crippen MR) is 108 cm³/mol. The van der Waals surface area contributed by atoms with Gasteiger partial charge in [-0.2, -0.15) is 0 Å². The minimum absolute atomic E-state index is 0.176. The fourth-order valence-electron chi connectivity index (χ4n) is 9.01. The normalized spacial score (nSPS) is 54.6. The molecule has 0 aromatic rings. The van der Waals surface area contributed by atoms with Crippen molar-refractivity contribution in [2.45, 2.75) is 103 Å². The highest BCUT2D eigenvalue weighted by Crippen LogP contribution is 2.69. The molecule has 4 aliphatic carbocycles. The van der Waals surface area contributed by atoms with Gasteiger partial charge in [0, 0.05) is 12.5 Å². The predicted octanol–water partition coefficient (Wildman–Crippen LogP) is 4.79. The lowest BCUT2D eigenvalue weighted by atomic mass is 9.42. The molecule has 2 N–H and O–H groups in total. The molecule has 0 aliphatic heterocycles. The Morgan fingerprint density at radius 1 is 0.926 bits per heavy atom. The van der Waals surface area contributed by atoms with E-state index in [4.69, 9.17) is 4.74 Å². The van der Waals surface area contributed by atoms with Gasteiger partial charge in [0.2, 0.25) is 0 Å². The van der Waals surface area contributed by atoms with Gasteiger partial charge in [0.05, 0.1) is 17.8 Å². The van der Waals surface area contributed by atoms with Crippen LogP contribution in [0.25, 0.3) is 0 Å². The number of fused-ring (bicyclic) bond motifs is 5. The van der Waals surface area contributed by atoms with Crippen molar-refractivity contribution in [3.05, 3.63) is 0 Å². The number of rotatable bonds is 3. The Morgan fingerprint density at radius 2 is 1.67 bits per heavy atom. The van der Waals surface area contributed by atoms with E-state index in [0.29, 0.717) is 17.3 Å². The monoisotopic (exact) mass is 378 g/mol. The van der Waals surface area contributed by atoms with Gasteiger partial charge in [0.1, 0.15) is 0 Å². The van der Waals surface area contributed by atoms with Crippen LogP contribution in [0.15, 0.2) is 0 Å². The molecule has 156 valence electrons. The molecule has 0 aromatic carbocycles. The molecule has 2 unspecified atom stereocenters. The quantitative estimate of drug-likeness (QED) is 0.742. The van der Waals surface area contributed by atoms with Crippen molar-refractivity contribution in [1.82, 2.24) is 0 Å².